The molecule has 0 aromatic carbocycles. The highest BCUT2D eigenvalue weighted by molar-refractivity contribution is 5.93. The van der Waals surface area contributed by atoms with Crippen LogP contribution in [0.2, 0.25) is 0 Å². The van der Waals surface area contributed by atoms with E-state index < -0.39 is 0 Å². The minimum absolute atomic E-state index is 0.0841. The standard InChI is InChI=1S/C12H20N4O/c1-8-5-9(2)7-10(6-8)16-4-3-14-12(16)11(13)15-17/h3-4,8-10,17H,5-7H2,1-2H3,(H2,13,15). The van der Waals surface area contributed by atoms with Gasteiger partial charge < -0.3 is 15.5 Å². The number of hydrogen-bond donors (Lipinski definition) is 2. The second-order valence-corrected chi connectivity index (χ2v) is 5.21. The van der Waals surface area contributed by atoms with E-state index in [0.717, 1.165) is 12.8 Å². The number of oxime groups is 1. The lowest BCUT2D eigenvalue weighted by molar-refractivity contribution is 0.220. The molecule has 2 unspecified atom stereocenters. The molecular formula is C12H20N4O. The van der Waals surface area contributed by atoms with Crippen LogP contribution in [0, 0.1) is 11.8 Å². The lowest BCUT2D eigenvalue weighted by Gasteiger charge is -2.32. The lowest BCUT2D eigenvalue weighted by atomic mass is 9.80. The highest BCUT2D eigenvalue weighted by atomic mass is 16.4. The first-order chi connectivity index (χ1) is 8.11. The van der Waals surface area contributed by atoms with E-state index in [2.05, 4.69) is 24.0 Å². The first-order valence-electron chi connectivity index (χ1n) is 6.12. The van der Waals surface area contributed by atoms with Gasteiger partial charge in [-0.2, -0.15) is 0 Å². The number of nitrogens with zero attached hydrogens (tertiary/aromatic N) is 3. The quantitative estimate of drug-likeness (QED) is 0.357. The molecule has 1 fully saturated rings. The molecule has 5 nitrogen and oxygen atoms in total. The Morgan fingerprint density at radius 1 is 1.41 bits per heavy atom. The summed E-state index contributed by atoms with van der Waals surface area (Å²) >= 11 is 0. The summed E-state index contributed by atoms with van der Waals surface area (Å²) in [6.45, 7) is 4.56. The average molecular weight is 236 g/mol. The number of hydrogen-bond acceptors (Lipinski definition) is 3. The zero-order valence-electron chi connectivity index (χ0n) is 10.4. The average Bonchev–Trinajstić information content (AvgIpc) is 2.75. The molecule has 1 aliphatic carbocycles. The Morgan fingerprint density at radius 3 is 2.65 bits per heavy atom. The van der Waals surface area contributed by atoms with E-state index in [0.29, 0.717) is 23.7 Å². The smallest absolute Gasteiger partial charge is 0.206 e. The zero-order chi connectivity index (χ0) is 12.4. The van der Waals surface area contributed by atoms with Gasteiger partial charge in [0.25, 0.3) is 0 Å². The van der Waals surface area contributed by atoms with Gasteiger partial charge in [-0.3, -0.25) is 0 Å². The summed E-state index contributed by atoms with van der Waals surface area (Å²) in [5, 5.41) is 11.8. The maximum Gasteiger partial charge on any atom is 0.206 e. The fourth-order valence-corrected chi connectivity index (χ4v) is 2.98. The molecule has 0 saturated heterocycles. The summed E-state index contributed by atoms with van der Waals surface area (Å²) in [4.78, 5) is 4.16. The number of nitrogens with two attached hydrogens (primary N) is 1. The molecule has 94 valence electrons. The van der Waals surface area contributed by atoms with Crippen molar-refractivity contribution in [3.8, 4) is 0 Å². The van der Waals surface area contributed by atoms with E-state index in [9.17, 15) is 0 Å². The third-order valence-corrected chi connectivity index (χ3v) is 3.55. The van der Waals surface area contributed by atoms with Gasteiger partial charge in [0, 0.05) is 18.4 Å². The maximum atomic E-state index is 8.74. The predicted octanol–water partition coefficient (Wildman–Crippen LogP) is 1.97. The van der Waals surface area contributed by atoms with Crippen LogP contribution in [0.3, 0.4) is 0 Å². The number of amidine groups is 1. The van der Waals surface area contributed by atoms with Crippen molar-refractivity contribution in [1.29, 1.82) is 0 Å². The molecule has 0 radical (unpaired) electrons. The van der Waals surface area contributed by atoms with Gasteiger partial charge in [-0.15, -0.1) is 0 Å². The fourth-order valence-electron chi connectivity index (χ4n) is 2.98. The zero-order valence-corrected chi connectivity index (χ0v) is 10.4. The molecule has 0 bridgehead atoms. The first kappa shape index (κ1) is 12.0. The molecule has 0 aliphatic heterocycles. The van der Waals surface area contributed by atoms with Crippen molar-refractivity contribution in [3.63, 3.8) is 0 Å². The van der Waals surface area contributed by atoms with Crippen LogP contribution in [0.1, 0.15) is 45.0 Å². The molecule has 2 atom stereocenters. The topological polar surface area (TPSA) is 76.4 Å². The van der Waals surface area contributed by atoms with Gasteiger partial charge in [0.2, 0.25) is 5.84 Å². The molecule has 1 aliphatic rings. The van der Waals surface area contributed by atoms with Crippen LogP contribution < -0.4 is 5.73 Å². The molecule has 1 heterocycles. The Balaban J connectivity index is 2.25. The molecule has 17 heavy (non-hydrogen) atoms. The van der Waals surface area contributed by atoms with Crippen LogP contribution in [0.25, 0.3) is 0 Å². The Kier molecular flexibility index (Phi) is 3.36. The van der Waals surface area contributed by atoms with E-state index in [1.165, 1.54) is 6.42 Å². The molecule has 3 N–H and O–H groups in total. The summed E-state index contributed by atoms with van der Waals surface area (Å²) in [5.41, 5.74) is 5.63. The Labute approximate surface area is 101 Å². The highest BCUT2D eigenvalue weighted by Gasteiger charge is 2.26. The van der Waals surface area contributed by atoms with Crippen molar-refractivity contribution in [2.75, 3.05) is 0 Å². The van der Waals surface area contributed by atoms with Crippen LogP contribution in [-0.4, -0.2) is 20.6 Å². The van der Waals surface area contributed by atoms with Crippen molar-refractivity contribution in [1.82, 2.24) is 9.55 Å². The molecule has 5 heteroatoms. The Bertz CT molecular complexity index is 402. The summed E-state index contributed by atoms with van der Waals surface area (Å²) in [6, 6.07) is 0.409. The van der Waals surface area contributed by atoms with Crippen LogP contribution in [-0.2, 0) is 0 Å². The van der Waals surface area contributed by atoms with Crippen LogP contribution in [0.5, 0.6) is 0 Å². The van der Waals surface area contributed by atoms with Crippen molar-refractivity contribution >= 4 is 5.84 Å². The summed E-state index contributed by atoms with van der Waals surface area (Å²) in [7, 11) is 0. The normalized spacial score (nSPS) is 30.5. The van der Waals surface area contributed by atoms with Crippen molar-refractivity contribution in [2.45, 2.75) is 39.2 Å². The highest BCUT2D eigenvalue weighted by Crippen LogP contribution is 2.36. The molecular weight excluding hydrogens is 216 g/mol. The summed E-state index contributed by atoms with van der Waals surface area (Å²) in [5.74, 6) is 2.08. The maximum absolute atomic E-state index is 8.74. The van der Waals surface area contributed by atoms with Gasteiger partial charge in [-0.25, -0.2) is 4.98 Å². The monoisotopic (exact) mass is 236 g/mol. The van der Waals surface area contributed by atoms with Crippen LogP contribution >= 0.6 is 0 Å². The summed E-state index contributed by atoms with van der Waals surface area (Å²) < 4.78 is 2.04. The van der Waals surface area contributed by atoms with E-state index in [1.807, 2.05) is 10.8 Å². The van der Waals surface area contributed by atoms with Crippen LogP contribution in [0.15, 0.2) is 17.5 Å². The van der Waals surface area contributed by atoms with E-state index in [1.54, 1.807) is 6.20 Å². The molecule has 0 spiro atoms. The molecule has 0 amide bonds. The predicted molar refractivity (Wildman–Crippen MR) is 66.0 cm³/mol. The van der Waals surface area contributed by atoms with Gasteiger partial charge >= 0.3 is 0 Å². The fraction of sp³-hybridized carbons (Fsp3) is 0.667. The van der Waals surface area contributed by atoms with E-state index >= 15 is 0 Å². The number of imidazole rings is 1. The third-order valence-electron chi connectivity index (χ3n) is 3.55. The second-order valence-electron chi connectivity index (χ2n) is 5.21. The molecule has 1 aromatic heterocycles. The van der Waals surface area contributed by atoms with Crippen molar-refractivity contribution < 1.29 is 5.21 Å². The van der Waals surface area contributed by atoms with E-state index in [4.69, 9.17) is 10.9 Å². The largest absolute Gasteiger partial charge is 0.409 e. The van der Waals surface area contributed by atoms with Gasteiger partial charge in [0.05, 0.1) is 0 Å². The Hall–Kier alpha value is -1.52. The molecule has 2 rings (SSSR count). The number of rotatable bonds is 2. The minimum atomic E-state index is 0.0841. The van der Waals surface area contributed by atoms with Crippen molar-refractivity contribution in [3.05, 3.63) is 18.2 Å². The van der Waals surface area contributed by atoms with E-state index in [-0.39, 0.29) is 5.84 Å². The Morgan fingerprint density at radius 2 is 2.06 bits per heavy atom. The van der Waals surface area contributed by atoms with Crippen molar-refractivity contribution in [2.24, 2.45) is 22.7 Å². The molecule has 1 aromatic rings. The first-order valence-corrected chi connectivity index (χ1v) is 6.12. The van der Waals surface area contributed by atoms with Gasteiger partial charge in [0.15, 0.2) is 5.82 Å². The van der Waals surface area contributed by atoms with Gasteiger partial charge in [-0.05, 0) is 31.1 Å². The SMILES string of the molecule is CC1CC(C)CC(n2ccnc2C(N)=NO)C1. The number of aromatic nitrogens is 2. The second kappa shape index (κ2) is 4.77. The van der Waals surface area contributed by atoms with Gasteiger partial charge in [-0.1, -0.05) is 19.0 Å². The third kappa shape index (κ3) is 2.43. The van der Waals surface area contributed by atoms with Gasteiger partial charge in [0.1, 0.15) is 0 Å². The van der Waals surface area contributed by atoms with Crippen LogP contribution in [0.4, 0.5) is 0 Å². The molecule has 1 saturated carbocycles. The summed E-state index contributed by atoms with van der Waals surface area (Å²) in [6.07, 6.45) is 7.17. The lowest BCUT2D eigenvalue weighted by Crippen LogP contribution is -2.27. The minimum Gasteiger partial charge on any atom is -0.409 e.